The number of benzene rings is 2. The van der Waals surface area contributed by atoms with Crippen LogP contribution in [0.2, 0.25) is 0 Å². The van der Waals surface area contributed by atoms with Crippen molar-refractivity contribution in [2.24, 2.45) is 0 Å². The molecule has 0 saturated heterocycles. The molecule has 4 N–H and O–H groups in total. The van der Waals surface area contributed by atoms with Gasteiger partial charge in [0.2, 0.25) is 10.0 Å². The van der Waals surface area contributed by atoms with Gasteiger partial charge in [-0.25, -0.2) is 8.42 Å². The smallest absolute Gasteiger partial charge is 0.255 e. The molecule has 0 saturated carbocycles. The van der Waals surface area contributed by atoms with Crippen molar-refractivity contribution in [3.63, 3.8) is 0 Å². The van der Waals surface area contributed by atoms with Crippen LogP contribution in [0.1, 0.15) is 47.1 Å². The summed E-state index contributed by atoms with van der Waals surface area (Å²) >= 11 is 1.51. The van der Waals surface area contributed by atoms with Gasteiger partial charge in [-0.2, -0.15) is 0 Å². The van der Waals surface area contributed by atoms with Crippen molar-refractivity contribution in [1.29, 1.82) is 0 Å². The maximum atomic E-state index is 13.4. The molecule has 0 spiro atoms. The van der Waals surface area contributed by atoms with Gasteiger partial charge in [0.15, 0.2) is 5.75 Å². The highest BCUT2D eigenvalue weighted by atomic mass is 32.2. The SMILES string of the molecule is COc1c(NC(=O)c2ccc(C)c(N3C=C(c4cncs4)NN3)c2)cc(C(C)(C)C)cc1NS(C)(=O)=O. The van der Waals surface area contributed by atoms with Crippen LogP contribution in [0.5, 0.6) is 5.75 Å². The highest BCUT2D eigenvalue weighted by molar-refractivity contribution is 7.92. The van der Waals surface area contributed by atoms with Gasteiger partial charge in [-0.05, 0) is 47.7 Å². The summed E-state index contributed by atoms with van der Waals surface area (Å²) in [5.74, 6) is -0.142. The zero-order valence-electron chi connectivity index (χ0n) is 21.5. The van der Waals surface area contributed by atoms with Gasteiger partial charge in [0.05, 0.1) is 46.5 Å². The molecule has 2 heterocycles. The zero-order valence-corrected chi connectivity index (χ0v) is 23.1. The van der Waals surface area contributed by atoms with Crippen molar-refractivity contribution in [2.75, 3.05) is 28.4 Å². The number of amides is 1. The van der Waals surface area contributed by atoms with Gasteiger partial charge in [0.1, 0.15) is 0 Å². The zero-order chi connectivity index (χ0) is 27.0. The summed E-state index contributed by atoms with van der Waals surface area (Å²) in [5.41, 5.74) is 12.1. The number of nitrogens with zero attached hydrogens (tertiary/aromatic N) is 2. The molecule has 10 nitrogen and oxygen atoms in total. The van der Waals surface area contributed by atoms with E-state index in [2.05, 4.69) is 26.0 Å². The summed E-state index contributed by atoms with van der Waals surface area (Å²) in [5, 5.41) is 4.71. The summed E-state index contributed by atoms with van der Waals surface area (Å²) in [4.78, 5) is 18.5. The van der Waals surface area contributed by atoms with Crippen LogP contribution in [0.25, 0.3) is 5.70 Å². The number of anilines is 3. The molecule has 0 unspecified atom stereocenters. The molecule has 0 radical (unpaired) electrons. The molecule has 2 aromatic carbocycles. The Morgan fingerprint density at radius 3 is 2.51 bits per heavy atom. The molecule has 4 rings (SSSR count). The molecule has 0 aliphatic carbocycles. The molecule has 1 aliphatic heterocycles. The van der Waals surface area contributed by atoms with Crippen molar-refractivity contribution in [2.45, 2.75) is 33.1 Å². The van der Waals surface area contributed by atoms with Gasteiger partial charge in [0, 0.05) is 18.0 Å². The largest absolute Gasteiger partial charge is 0.492 e. The van der Waals surface area contributed by atoms with Crippen LogP contribution in [0.15, 0.2) is 48.2 Å². The van der Waals surface area contributed by atoms with E-state index in [1.807, 2.05) is 40.0 Å². The third-order valence-corrected chi connectivity index (χ3v) is 7.10. The van der Waals surface area contributed by atoms with E-state index in [1.54, 1.807) is 41.0 Å². The molecular formula is C25H30N6O4S2. The van der Waals surface area contributed by atoms with E-state index in [1.165, 1.54) is 18.4 Å². The molecular weight excluding hydrogens is 512 g/mol. The van der Waals surface area contributed by atoms with Crippen molar-refractivity contribution in [1.82, 2.24) is 15.9 Å². The van der Waals surface area contributed by atoms with E-state index in [0.29, 0.717) is 11.3 Å². The van der Waals surface area contributed by atoms with Gasteiger partial charge in [-0.3, -0.25) is 19.5 Å². The minimum absolute atomic E-state index is 0.224. The minimum atomic E-state index is -3.58. The Bertz CT molecular complexity index is 1460. The number of rotatable bonds is 7. The Hall–Kier alpha value is -3.61. The third-order valence-electron chi connectivity index (χ3n) is 5.70. The molecule has 0 bridgehead atoms. The van der Waals surface area contributed by atoms with Gasteiger partial charge < -0.3 is 15.5 Å². The van der Waals surface area contributed by atoms with E-state index in [-0.39, 0.29) is 22.8 Å². The van der Waals surface area contributed by atoms with Crippen molar-refractivity contribution in [3.05, 3.63) is 69.8 Å². The van der Waals surface area contributed by atoms with Crippen molar-refractivity contribution < 1.29 is 17.9 Å². The lowest BCUT2D eigenvalue weighted by molar-refractivity contribution is 0.102. The van der Waals surface area contributed by atoms with Gasteiger partial charge in [0.25, 0.3) is 5.91 Å². The first-order valence-electron chi connectivity index (χ1n) is 11.4. The van der Waals surface area contributed by atoms with Gasteiger partial charge in [-0.1, -0.05) is 26.8 Å². The first kappa shape index (κ1) is 26.5. The summed E-state index contributed by atoms with van der Waals surface area (Å²) in [6, 6.07) is 8.90. The van der Waals surface area contributed by atoms with Crippen LogP contribution in [0.3, 0.4) is 0 Å². The number of carbonyl (C=O) groups is 1. The number of thiazole rings is 1. The number of aryl methyl sites for hydroxylation is 1. The number of nitrogens with one attached hydrogen (secondary N) is 4. The third kappa shape index (κ3) is 6.04. The van der Waals surface area contributed by atoms with E-state index < -0.39 is 10.0 Å². The predicted octanol–water partition coefficient (Wildman–Crippen LogP) is 4.21. The number of hydrogen-bond donors (Lipinski definition) is 4. The number of ether oxygens (including phenoxy) is 1. The molecule has 12 heteroatoms. The molecule has 1 amide bonds. The van der Waals surface area contributed by atoms with Crippen LogP contribution < -0.4 is 30.7 Å². The number of aromatic nitrogens is 1. The summed E-state index contributed by atoms with van der Waals surface area (Å²) in [6.45, 7) is 7.96. The molecule has 37 heavy (non-hydrogen) atoms. The average molecular weight is 543 g/mol. The minimum Gasteiger partial charge on any atom is -0.492 e. The quantitative estimate of drug-likeness (QED) is 0.350. The first-order chi connectivity index (χ1) is 17.4. The molecule has 3 aromatic rings. The van der Waals surface area contributed by atoms with E-state index in [9.17, 15) is 13.2 Å². The summed E-state index contributed by atoms with van der Waals surface area (Å²) in [6.07, 6.45) is 4.74. The predicted molar refractivity (Wildman–Crippen MR) is 148 cm³/mol. The van der Waals surface area contributed by atoms with Crippen LogP contribution in [-0.4, -0.2) is 32.7 Å². The fraction of sp³-hybridized carbons (Fsp3) is 0.280. The molecule has 1 aromatic heterocycles. The van der Waals surface area contributed by atoms with Crippen LogP contribution in [-0.2, 0) is 15.4 Å². The van der Waals surface area contributed by atoms with E-state index in [0.717, 1.165) is 33.6 Å². The topological polar surface area (TPSA) is 125 Å². The molecule has 0 fully saturated rings. The Morgan fingerprint density at radius 1 is 1.16 bits per heavy atom. The van der Waals surface area contributed by atoms with Crippen molar-refractivity contribution >= 4 is 50.0 Å². The first-order valence-corrected chi connectivity index (χ1v) is 14.2. The normalized spacial score (nSPS) is 13.7. The highest BCUT2D eigenvalue weighted by Crippen LogP contribution is 2.39. The number of hydrogen-bond acceptors (Lipinski definition) is 9. The second kappa shape index (κ2) is 10.0. The lowest BCUT2D eigenvalue weighted by Crippen LogP contribution is -2.36. The number of methoxy groups -OCH3 is 1. The van der Waals surface area contributed by atoms with Gasteiger partial charge in [-0.15, -0.1) is 16.9 Å². The maximum absolute atomic E-state index is 13.4. The Morgan fingerprint density at radius 2 is 1.89 bits per heavy atom. The molecule has 1 aliphatic rings. The van der Waals surface area contributed by atoms with Crippen molar-refractivity contribution in [3.8, 4) is 5.75 Å². The Kier molecular flexibility index (Phi) is 7.18. The average Bonchev–Trinajstić information content (AvgIpc) is 3.50. The monoisotopic (exact) mass is 542 g/mol. The fourth-order valence-corrected chi connectivity index (χ4v) is 4.91. The lowest BCUT2D eigenvalue weighted by atomic mass is 9.86. The molecule has 196 valence electrons. The number of hydrazine groups is 2. The molecule has 0 atom stereocenters. The van der Waals surface area contributed by atoms with Gasteiger partial charge >= 0.3 is 0 Å². The van der Waals surface area contributed by atoms with E-state index >= 15 is 0 Å². The number of sulfonamides is 1. The fourth-order valence-electron chi connectivity index (χ4n) is 3.77. The van der Waals surface area contributed by atoms with Crippen LogP contribution in [0.4, 0.5) is 17.1 Å². The lowest BCUT2D eigenvalue weighted by Gasteiger charge is -2.24. The Balaban J connectivity index is 1.67. The highest BCUT2D eigenvalue weighted by Gasteiger charge is 2.23. The van der Waals surface area contributed by atoms with Crippen LogP contribution >= 0.6 is 11.3 Å². The second-order valence-electron chi connectivity index (χ2n) is 9.70. The van der Waals surface area contributed by atoms with E-state index in [4.69, 9.17) is 4.74 Å². The number of carbonyl (C=O) groups excluding carboxylic acids is 1. The van der Waals surface area contributed by atoms with Crippen LogP contribution in [0, 0.1) is 6.92 Å². The summed E-state index contributed by atoms with van der Waals surface area (Å²) in [7, 11) is -2.15. The Labute approximate surface area is 220 Å². The maximum Gasteiger partial charge on any atom is 0.255 e. The standard InChI is InChI=1S/C25H30N6O4S2/c1-15-7-8-16(9-21(15)31-13-20(28-30-31)22-12-26-14-36-22)24(32)27-18-10-17(25(2,3)4)11-19(23(18)35-5)29-37(6,33)34/h7-14,28-30H,1-6H3,(H,27,32). The summed E-state index contributed by atoms with van der Waals surface area (Å²) < 4.78 is 32.0. The second-order valence-corrected chi connectivity index (χ2v) is 12.3.